The molecule has 3 rings (SSSR count). The van der Waals surface area contributed by atoms with Crippen LogP contribution in [0.2, 0.25) is 0 Å². The summed E-state index contributed by atoms with van der Waals surface area (Å²) in [7, 11) is 0. The first-order chi connectivity index (χ1) is 13.1. The van der Waals surface area contributed by atoms with Gasteiger partial charge in [0.05, 0.1) is 6.54 Å². The van der Waals surface area contributed by atoms with Crippen LogP contribution < -0.4 is 10.6 Å². The summed E-state index contributed by atoms with van der Waals surface area (Å²) in [4.78, 5) is 18.5. The number of hydrogen-bond acceptors (Lipinski definition) is 2. The fraction of sp³-hybridized carbons (Fsp3) is 0.636. The number of nitrogens with zero attached hydrogens (tertiary/aromatic N) is 2. The Morgan fingerprint density at radius 1 is 1.11 bits per heavy atom. The lowest BCUT2D eigenvalue weighted by Crippen LogP contribution is -2.46. The molecule has 1 aromatic carbocycles. The second-order valence-corrected chi connectivity index (χ2v) is 7.99. The Morgan fingerprint density at radius 3 is 2.41 bits per heavy atom. The summed E-state index contributed by atoms with van der Waals surface area (Å²) in [5, 5.41) is 6.90. The molecule has 2 N–H and O–H groups in total. The highest BCUT2D eigenvalue weighted by atomic mass is 16.2. The Kier molecular flexibility index (Phi) is 6.75. The van der Waals surface area contributed by atoms with Crippen LogP contribution in [0, 0.1) is 5.41 Å². The van der Waals surface area contributed by atoms with Gasteiger partial charge in [0.25, 0.3) is 0 Å². The van der Waals surface area contributed by atoms with Crippen molar-refractivity contribution >= 4 is 11.9 Å². The smallest absolute Gasteiger partial charge is 0.222 e. The highest BCUT2D eigenvalue weighted by Crippen LogP contribution is 2.42. The molecule has 2 fully saturated rings. The van der Waals surface area contributed by atoms with Gasteiger partial charge in [-0.05, 0) is 49.1 Å². The number of aliphatic imine (C=N–C) groups is 1. The number of likely N-dealkylation sites (tertiary alicyclic amines) is 1. The van der Waals surface area contributed by atoms with Gasteiger partial charge in [-0.25, -0.2) is 4.99 Å². The molecule has 0 bridgehead atoms. The minimum Gasteiger partial charge on any atom is -0.357 e. The molecule has 1 amide bonds. The quantitative estimate of drug-likeness (QED) is 0.544. The van der Waals surface area contributed by atoms with Crippen LogP contribution in [-0.2, 0) is 17.9 Å². The standard InChI is InChI=1S/C22H34N4O/c1-3-22(12-6-13-22)17-25-21(23-4-2)24-15-18-8-10-19(11-9-18)16-26-14-5-7-20(26)27/h8-11H,3-7,12-17H2,1-2H3,(H2,23,24,25). The van der Waals surface area contributed by atoms with E-state index in [-0.39, 0.29) is 5.91 Å². The lowest BCUT2D eigenvalue weighted by Gasteiger charge is -2.41. The van der Waals surface area contributed by atoms with Crippen molar-refractivity contribution in [3.63, 3.8) is 0 Å². The zero-order valence-corrected chi connectivity index (χ0v) is 16.9. The number of carbonyl (C=O) groups is 1. The topological polar surface area (TPSA) is 56.7 Å². The molecule has 1 aromatic rings. The molecule has 5 nitrogen and oxygen atoms in total. The maximum absolute atomic E-state index is 11.8. The SMILES string of the molecule is CCNC(=NCc1ccc(CN2CCCC2=O)cc1)NCC1(CC)CCC1. The molecule has 148 valence electrons. The Hall–Kier alpha value is -2.04. The molecule has 0 atom stereocenters. The third-order valence-electron chi connectivity index (χ3n) is 6.13. The summed E-state index contributed by atoms with van der Waals surface area (Å²) >= 11 is 0. The number of benzene rings is 1. The van der Waals surface area contributed by atoms with E-state index in [1.165, 1.54) is 36.8 Å². The van der Waals surface area contributed by atoms with Crippen LogP contribution in [0.4, 0.5) is 0 Å². The van der Waals surface area contributed by atoms with E-state index < -0.39 is 0 Å². The minimum atomic E-state index is 0.279. The zero-order valence-electron chi connectivity index (χ0n) is 16.9. The van der Waals surface area contributed by atoms with Crippen molar-refractivity contribution in [2.24, 2.45) is 10.4 Å². The van der Waals surface area contributed by atoms with Gasteiger partial charge < -0.3 is 15.5 Å². The first-order valence-corrected chi connectivity index (χ1v) is 10.5. The van der Waals surface area contributed by atoms with Crippen LogP contribution in [0.3, 0.4) is 0 Å². The van der Waals surface area contributed by atoms with E-state index in [4.69, 9.17) is 4.99 Å². The molecule has 27 heavy (non-hydrogen) atoms. The fourth-order valence-electron chi connectivity index (χ4n) is 3.96. The maximum Gasteiger partial charge on any atom is 0.222 e. The summed E-state index contributed by atoms with van der Waals surface area (Å²) in [5.74, 6) is 1.19. The van der Waals surface area contributed by atoms with Crippen LogP contribution in [-0.4, -0.2) is 36.4 Å². The number of guanidine groups is 1. The van der Waals surface area contributed by atoms with Crippen LogP contribution in [0.25, 0.3) is 0 Å². The number of hydrogen-bond donors (Lipinski definition) is 2. The number of amides is 1. The lowest BCUT2D eigenvalue weighted by atomic mass is 9.67. The summed E-state index contributed by atoms with van der Waals surface area (Å²) in [5.41, 5.74) is 2.86. The van der Waals surface area contributed by atoms with Crippen molar-refractivity contribution in [1.29, 1.82) is 0 Å². The normalized spacial score (nSPS) is 19.1. The summed E-state index contributed by atoms with van der Waals surface area (Å²) < 4.78 is 0. The van der Waals surface area contributed by atoms with Crippen molar-refractivity contribution in [3.8, 4) is 0 Å². The van der Waals surface area contributed by atoms with Crippen molar-refractivity contribution < 1.29 is 4.79 Å². The first kappa shape index (κ1) is 19.7. The van der Waals surface area contributed by atoms with E-state index in [0.717, 1.165) is 38.6 Å². The van der Waals surface area contributed by atoms with E-state index in [1.54, 1.807) is 0 Å². The van der Waals surface area contributed by atoms with Gasteiger partial charge in [0, 0.05) is 32.6 Å². The van der Waals surface area contributed by atoms with E-state index in [1.807, 2.05) is 4.90 Å². The maximum atomic E-state index is 11.8. The van der Waals surface area contributed by atoms with Gasteiger partial charge in [0.1, 0.15) is 0 Å². The fourth-order valence-corrected chi connectivity index (χ4v) is 3.96. The van der Waals surface area contributed by atoms with E-state index >= 15 is 0 Å². The molecule has 1 aliphatic heterocycles. The molecule has 2 aliphatic rings. The van der Waals surface area contributed by atoms with E-state index in [0.29, 0.717) is 18.4 Å². The summed E-state index contributed by atoms with van der Waals surface area (Å²) in [6.45, 7) is 8.56. The molecule has 0 aromatic heterocycles. The minimum absolute atomic E-state index is 0.279. The molecular formula is C22H34N4O. The number of rotatable bonds is 8. The largest absolute Gasteiger partial charge is 0.357 e. The second-order valence-electron chi connectivity index (χ2n) is 7.99. The van der Waals surface area contributed by atoms with Gasteiger partial charge in [-0.1, -0.05) is 37.6 Å². The molecule has 0 unspecified atom stereocenters. The average molecular weight is 371 g/mol. The Bertz CT molecular complexity index is 643. The summed E-state index contributed by atoms with van der Waals surface area (Å²) in [6.07, 6.45) is 6.95. The molecule has 0 spiro atoms. The molecule has 1 aliphatic carbocycles. The van der Waals surface area contributed by atoms with Crippen molar-refractivity contribution in [1.82, 2.24) is 15.5 Å². The monoisotopic (exact) mass is 370 g/mol. The predicted molar refractivity (Wildman–Crippen MR) is 110 cm³/mol. The highest BCUT2D eigenvalue weighted by Gasteiger charge is 2.34. The van der Waals surface area contributed by atoms with Gasteiger partial charge in [0.15, 0.2) is 5.96 Å². The van der Waals surface area contributed by atoms with Crippen LogP contribution in [0.1, 0.15) is 63.5 Å². The van der Waals surface area contributed by atoms with E-state index in [9.17, 15) is 4.79 Å². The van der Waals surface area contributed by atoms with E-state index in [2.05, 4.69) is 48.7 Å². The second kappa shape index (κ2) is 9.25. The molecule has 1 saturated heterocycles. The predicted octanol–water partition coefficient (Wildman–Crippen LogP) is 3.44. The van der Waals surface area contributed by atoms with Crippen molar-refractivity contribution in [2.45, 2.75) is 65.5 Å². The van der Waals surface area contributed by atoms with Crippen LogP contribution in [0.15, 0.2) is 29.3 Å². The number of nitrogens with one attached hydrogen (secondary N) is 2. The third kappa shape index (κ3) is 5.24. The Labute approximate surface area is 163 Å². The zero-order chi connectivity index (χ0) is 19.1. The average Bonchev–Trinajstić information content (AvgIpc) is 3.05. The Balaban J connectivity index is 1.53. The lowest BCUT2D eigenvalue weighted by molar-refractivity contribution is -0.128. The van der Waals surface area contributed by atoms with Gasteiger partial charge >= 0.3 is 0 Å². The van der Waals surface area contributed by atoms with Crippen LogP contribution >= 0.6 is 0 Å². The van der Waals surface area contributed by atoms with Crippen LogP contribution in [0.5, 0.6) is 0 Å². The molecule has 5 heteroatoms. The first-order valence-electron chi connectivity index (χ1n) is 10.5. The molecule has 1 heterocycles. The Morgan fingerprint density at radius 2 is 1.85 bits per heavy atom. The third-order valence-corrected chi connectivity index (χ3v) is 6.13. The van der Waals surface area contributed by atoms with Gasteiger partial charge in [-0.3, -0.25) is 4.79 Å². The van der Waals surface area contributed by atoms with Gasteiger partial charge in [-0.2, -0.15) is 0 Å². The van der Waals surface area contributed by atoms with Gasteiger partial charge in [-0.15, -0.1) is 0 Å². The van der Waals surface area contributed by atoms with Crippen molar-refractivity contribution in [2.75, 3.05) is 19.6 Å². The van der Waals surface area contributed by atoms with Crippen molar-refractivity contribution in [3.05, 3.63) is 35.4 Å². The molecular weight excluding hydrogens is 336 g/mol. The highest BCUT2D eigenvalue weighted by molar-refractivity contribution is 5.79. The van der Waals surface area contributed by atoms with Gasteiger partial charge in [0.2, 0.25) is 5.91 Å². The number of carbonyl (C=O) groups excluding carboxylic acids is 1. The molecule has 0 radical (unpaired) electrons. The molecule has 1 saturated carbocycles. The summed E-state index contributed by atoms with van der Waals surface area (Å²) in [6, 6.07) is 8.50.